The molecule has 2 aliphatic rings. The first kappa shape index (κ1) is 13.9. The lowest BCUT2D eigenvalue weighted by Gasteiger charge is -2.21. The van der Waals surface area contributed by atoms with Gasteiger partial charge in [0.2, 0.25) is 5.91 Å². The van der Waals surface area contributed by atoms with E-state index >= 15 is 0 Å². The van der Waals surface area contributed by atoms with E-state index in [4.69, 9.17) is 0 Å². The predicted molar refractivity (Wildman–Crippen MR) is 82.8 cm³/mol. The summed E-state index contributed by atoms with van der Waals surface area (Å²) in [5.74, 6) is 0.295. The van der Waals surface area contributed by atoms with Gasteiger partial charge in [-0.1, -0.05) is 31.0 Å². The van der Waals surface area contributed by atoms with Crippen LogP contribution in [0.2, 0.25) is 0 Å². The molecule has 0 aromatic heterocycles. The van der Waals surface area contributed by atoms with Crippen LogP contribution < -0.4 is 10.2 Å². The van der Waals surface area contributed by atoms with Gasteiger partial charge >= 0.3 is 0 Å². The van der Waals surface area contributed by atoms with Crippen molar-refractivity contribution in [1.29, 1.82) is 0 Å². The maximum Gasteiger partial charge on any atom is 0.259 e. The first-order valence-electron chi connectivity index (χ1n) is 7.55. The van der Waals surface area contributed by atoms with E-state index < -0.39 is 0 Å². The minimum absolute atomic E-state index is 0.0494. The number of benzene rings is 1. The highest BCUT2D eigenvalue weighted by molar-refractivity contribution is 6.34. The van der Waals surface area contributed by atoms with Crippen LogP contribution in [-0.2, 0) is 9.59 Å². The van der Waals surface area contributed by atoms with E-state index in [1.165, 1.54) is 31.8 Å². The highest BCUT2D eigenvalue weighted by atomic mass is 16.2. The topological polar surface area (TPSA) is 49.4 Å². The lowest BCUT2D eigenvalue weighted by atomic mass is 10.1. The maximum absolute atomic E-state index is 12.7. The summed E-state index contributed by atoms with van der Waals surface area (Å²) in [4.78, 5) is 26.1. The smallest absolute Gasteiger partial charge is 0.259 e. The van der Waals surface area contributed by atoms with Crippen molar-refractivity contribution in [3.05, 3.63) is 35.9 Å². The van der Waals surface area contributed by atoms with Gasteiger partial charge in [-0.3, -0.25) is 9.59 Å². The highest BCUT2D eigenvalue weighted by Crippen LogP contribution is 2.38. The number of rotatable bonds is 3. The molecule has 0 bridgehead atoms. The molecule has 1 aromatic rings. The van der Waals surface area contributed by atoms with Crippen LogP contribution in [0.25, 0.3) is 5.57 Å². The molecule has 0 spiro atoms. The molecule has 3 rings (SSSR count). The minimum atomic E-state index is -0.240. The number of nitrogens with zero attached hydrogens (tertiary/aromatic N) is 1. The van der Waals surface area contributed by atoms with E-state index in [0.29, 0.717) is 11.5 Å². The van der Waals surface area contributed by atoms with Gasteiger partial charge in [0.15, 0.2) is 0 Å². The second-order valence-electron chi connectivity index (χ2n) is 5.76. The Labute approximate surface area is 124 Å². The molecule has 21 heavy (non-hydrogen) atoms. The van der Waals surface area contributed by atoms with Crippen LogP contribution >= 0.6 is 0 Å². The molecule has 4 nitrogen and oxygen atoms in total. The number of hydrogen-bond acceptors (Lipinski definition) is 2. The summed E-state index contributed by atoms with van der Waals surface area (Å²) in [6.45, 7) is 0.765. The summed E-state index contributed by atoms with van der Waals surface area (Å²) in [6, 6.07) is 7.73. The number of para-hydroxylation sites is 1. The zero-order chi connectivity index (χ0) is 14.8. The van der Waals surface area contributed by atoms with Crippen molar-refractivity contribution >= 4 is 23.1 Å². The van der Waals surface area contributed by atoms with E-state index in [-0.39, 0.29) is 11.8 Å². The number of carbonyl (C=O) groups is 2. The van der Waals surface area contributed by atoms with Gasteiger partial charge in [0, 0.05) is 25.2 Å². The average molecular weight is 284 g/mol. The number of anilines is 1. The van der Waals surface area contributed by atoms with Gasteiger partial charge in [0.25, 0.3) is 5.91 Å². The van der Waals surface area contributed by atoms with Crippen molar-refractivity contribution in [3.63, 3.8) is 0 Å². The molecule has 0 unspecified atom stereocenters. The molecule has 1 heterocycles. The quantitative estimate of drug-likeness (QED) is 0.866. The molecule has 1 fully saturated rings. The van der Waals surface area contributed by atoms with Crippen LogP contribution in [0.1, 0.15) is 31.2 Å². The normalized spacial score (nSPS) is 20.1. The Hall–Kier alpha value is -2.10. The summed E-state index contributed by atoms with van der Waals surface area (Å²) in [7, 11) is 1.57. The third-order valence-electron chi connectivity index (χ3n) is 4.40. The SMILES string of the molecule is CNC(=O)/C=C1/C(=O)N(CC2CCCC2)c2ccccc21. The Morgan fingerprint density at radius 3 is 2.76 bits per heavy atom. The predicted octanol–water partition coefficient (Wildman–Crippen LogP) is 2.35. The molecule has 0 radical (unpaired) electrons. The summed E-state index contributed by atoms with van der Waals surface area (Å²) >= 11 is 0. The molecule has 4 heteroatoms. The van der Waals surface area contributed by atoms with Gasteiger partial charge in [-0.2, -0.15) is 0 Å². The van der Waals surface area contributed by atoms with Crippen molar-refractivity contribution in [2.45, 2.75) is 25.7 Å². The number of carbonyl (C=O) groups excluding carboxylic acids is 2. The van der Waals surface area contributed by atoms with Crippen molar-refractivity contribution in [2.24, 2.45) is 5.92 Å². The zero-order valence-corrected chi connectivity index (χ0v) is 12.3. The average Bonchev–Trinajstić information content (AvgIpc) is 3.10. The zero-order valence-electron chi connectivity index (χ0n) is 12.3. The molecule has 1 N–H and O–H groups in total. The molecule has 2 amide bonds. The van der Waals surface area contributed by atoms with E-state index in [1.807, 2.05) is 29.2 Å². The number of amides is 2. The van der Waals surface area contributed by atoms with E-state index in [2.05, 4.69) is 5.32 Å². The van der Waals surface area contributed by atoms with Crippen LogP contribution in [0.5, 0.6) is 0 Å². The third-order valence-corrected chi connectivity index (χ3v) is 4.40. The monoisotopic (exact) mass is 284 g/mol. The van der Waals surface area contributed by atoms with Gasteiger partial charge in [-0.25, -0.2) is 0 Å². The third kappa shape index (κ3) is 2.58. The lowest BCUT2D eigenvalue weighted by Crippen LogP contribution is -2.31. The molecule has 1 saturated carbocycles. The van der Waals surface area contributed by atoms with Gasteiger partial charge < -0.3 is 10.2 Å². The van der Waals surface area contributed by atoms with Gasteiger partial charge in [0.05, 0.1) is 11.3 Å². The Morgan fingerprint density at radius 1 is 1.33 bits per heavy atom. The van der Waals surface area contributed by atoms with E-state index in [1.54, 1.807) is 7.05 Å². The number of fused-ring (bicyclic) bond motifs is 1. The summed E-state index contributed by atoms with van der Waals surface area (Å²) in [6.07, 6.45) is 6.32. The van der Waals surface area contributed by atoms with E-state index in [0.717, 1.165) is 17.8 Å². The number of nitrogens with one attached hydrogen (secondary N) is 1. The molecular formula is C17H20N2O2. The fourth-order valence-electron chi connectivity index (χ4n) is 3.28. The second kappa shape index (κ2) is 5.72. The maximum atomic E-state index is 12.7. The fourth-order valence-corrected chi connectivity index (χ4v) is 3.28. The Kier molecular flexibility index (Phi) is 3.78. The Morgan fingerprint density at radius 2 is 2.05 bits per heavy atom. The largest absolute Gasteiger partial charge is 0.356 e. The molecule has 1 aromatic carbocycles. The minimum Gasteiger partial charge on any atom is -0.356 e. The van der Waals surface area contributed by atoms with Crippen LogP contribution in [0.3, 0.4) is 0 Å². The molecule has 1 aliphatic carbocycles. The first-order chi connectivity index (χ1) is 10.2. The Bertz CT molecular complexity index is 601. The molecule has 0 atom stereocenters. The van der Waals surface area contributed by atoms with Crippen LogP contribution in [0.4, 0.5) is 5.69 Å². The second-order valence-corrected chi connectivity index (χ2v) is 5.76. The summed E-state index contributed by atoms with van der Waals surface area (Å²) in [5.41, 5.74) is 2.30. The van der Waals surface area contributed by atoms with Crippen LogP contribution in [0.15, 0.2) is 30.3 Å². The van der Waals surface area contributed by atoms with Crippen molar-refractivity contribution < 1.29 is 9.59 Å². The standard InChI is InChI=1S/C17H20N2O2/c1-18-16(20)10-14-13-8-4-5-9-15(13)19(17(14)21)11-12-6-2-3-7-12/h4-5,8-10,12H,2-3,6-7,11H2,1H3,(H,18,20)/b14-10+. The van der Waals surface area contributed by atoms with Crippen LogP contribution in [0, 0.1) is 5.92 Å². The van der Waals surface area contributed by atoms with E-state index in [9.17, 15) is 9.59 Å². The summed E-state index contributed by atoms with van der Waals surface area (Å²) in [5, 5.41) is 2.55. The summed E-state index contributed by atoms with van der Waals surface area (Å²) < 4.78 is 0. The number of likely N-dealkylation sites (N-methyl/N-ethyl adjacent to an activating group) is 1. The van der Waals surface area contributed by atoms with Crippen molar-refractivity contribution in [3.8, 4) is 0 Å². The van der Waals surface area contributed by atoms with Crippen LogP contribution in [-0.4, -0.2) is 25.4 Å². The number of hydrogen-bond donors (Lipinski definition) is 1. The van der Waals surface area contributed by atoms with Gasteiger partial charge in [-0.05, 0) is 24.8 Å². The Balaban J connectivity index is 1.94. The first-order valence-corrected chi connectivity index (χ1v) is 7.55. The highest BCUT2D eigenvalue weighted by Gasteiger charge is 2.34. The fraction of sp³-hybridized carbons (Fsp3) is 0.412. The van der Waals surface area contributed by atoms with Crippen molar-refractivity contribution in [2.75, 3.05) is 18.5 Å². The molecule has 0 saturated heterocycles. The van der Waals surface area contributed by atoms with Gasteiger partial charge in [-0.15, -0.1) is 0 Å². The van der Waals surface area contributed by atoms with Crippen molar-refractivity contribution in [1.82, 2.24) is 5.32 Å². The molecule has 110 valence electrons. The van der Waals surface area contributed by atoms with Gasteiger partial charge in [0.1, 0.15) is 0 Å². The lowest BCUT2D eigenvalue weighted by molar-refractivity contribution is -0.117. The molecular weight excluding hydrogens is 264 g/mol. The molecule has 1 aliphatic heterocycles.